The second kappa shape index (κ2) is 14.9. The predicted octanol–water partition coefficient (Wildman–Crippen LogP) is 2.50. The molecule has 1 aromatic carbocycles. The zero-order chi connectivity index (χ0) is 29.3. The van der Waals surface area contributed by atoms with Crippen LogP contribution in [-0.2, 0) is 30.4 Å². The van der Waals surface area contributed by atoms with Gasteiger partial charge in [0.1, 0.15) is 18.7 Å². The molecule has 3 N–H and O–H groups in total. The Kier molecular flexibility index (Phi) is 11.9. The van der Waals surface area contributed by atoms with Crippen LogP contribution < -0.4 is 10.6 Å². The van der Waals surface area contributed by atoms with Gasteiger partial charge in [0.2, 0.25) is 17.7 Å². The third kappa shape index (κ3) is 8.97. The molecule has 0 bridgehead atoms. The van der Waals surface area contributed by atoms with Crippen molar-refractivity contribution in [3.05, 3.63) is 41.0 Å². The summed E-state index contributed by atoms with van der Waals surface area (Å²) in [6.07, 6.45) is -0.716. The van der Waals surface area contributed by atoms with Crippen molar-refractivity contribution in [2.24, 2.45) is 5.41 Å². The number of aliphatic hydroxyl groups excluding tert-OH is 1. The van der Waals surface area contributed by atoms with Crippen LogP contribution in [0.2, 0.25) is 0 Å². The Balaban J connectivity index is 1.59. The minimum atomic E-state index is -0.917. The summed E-state index contributed by atoms with van der Waals surface area (Å²) in [5.41, 5.74) is 4.10. The van der Waals surface area contributed by atoms with E-state index in [9.17, 15) is 19.5 Å². The number of aryl methyl sites for hydroxylation is 1. The smallest absolute Gasteiger partial charge is 0.246 e. The number of carbonyl (C=O) groups excluding carboxylic acids is 3. The Morgan fingerprint density at radius 1 is 1.18 bits per heavy atom. The molecule has 0 spiro atoms. The number of hydrogen-bond acceptors (Lipinski definition) is 8. The summed E-state index contributed by atoms with van der Waals surface area (Å²) < 4.78 is 10.5. The first-order valence-electron chi connectivity index (χ1n) is 13.3. The van der Waals surface area contributed by atoms with Crippen molar-refractivity contribution in [3.8, 4) is 10.4 Å². The number of rotatable bonds is 13. The Morgan fingerprint density at radius 2 is 1.88 bits per heavy atom. The lowest BCUT2D eigenvalue weighted by molar-refractivity contribution is -0.144. The molecule has 1 aliphatic heterocycles. The fourth-order valence-corrected chi connectivity index (χ4v) is 5.34. The van der Waals surface area contributed by atoms with Crippen LogP contribution in [0.3, 0.4) is 0 Å². The molecular formula is C28H39ClN4O6S. The van der Waals surface area contributed by atoms with E-state index in [-0.39, 0.29) is 38.6 Å². The molecule has 3 atom stereocenters. The molecule has 220 valence electrons. The zero-order valence-corrected chi connectivity index (χ0v) is 25.0. The number of benzene rings is 1. The maximum Gasteiger partial charge on any atom is 0.246 e. The minimum absolute atomic E-state index is 0.0106. The third-order valence-electron chi connectivity index (χ3n) is 6.54. The van der Waals surface area contributed by atoms with Crippen LogP contribution >= 0.6 is 22.9 Å². The molecule has 12 heteroatoms. The van der Waals surface area contributed by atoms with Gasteiger partial charge in [0, 0.05) is 25.4 Å². The highest BCUT2D eigenvalue weighted by atomic mass is 35.5. The Bertz CT molecular complexity index is 1140. The van der Waals surface area contributed by atoms with E-state index in [1.54, 1.807) is 11.3 Å². The number of nitrogens with one attached hydrogen (secondary N) is 2. The summed E-state index contributed by atoms with van der Waals surface area (Å²) in [6, 6.07) is 6.10. The van der Waals surface area contributed by atoms with E-state index in [1.807, 2.05) is 57.5 Å². The molecule has 3 unspecified atom stereocenters. The first-order valence-corrected chi connectivity index (χ1v) is 14.7. The second-order valence-electron chi connectivity index (χ2n) is 10.8. The van der Waals surface area contributed by atoms with Gasteiger partial charge in [-0.05, 0) is 23.5 Å². The van der Waals surface area contributed by atoms with Crippen LogP contribution in [0.25, 0.3) is 10.4 Å². The van der Waals surface area contributed by atoms with Crippen molar-refractivity contribution in [2.75, 3.05) is 38.9 Å². The van der Waals surface area contributed by atoms with Gasteiger partial charge < -0.3 is 30.1 Å². The molecule has 3 amide bonds. The van der Waals surface area contributed by atoms with Crippen molar-refractivity contribution in [1.82, 2.24) is 20.5 Å². The first kappa shape index (κ1) is 32.0. The number of carbonyl (C=O) groups is 3. The lowest BCUT2D eigenvalue weighted by atomic mass is 9.85. The Labute approximate surface area is 244 Å². The van der Waals surface area contributed by atoms with Gasteiger partial charge in [0.25, 0.3) is 0 Å². The van der Waals surface area contributed by atoms with E-state index < -0.39 is 35.4 Å². The van der Waals surface area contributed by atoms with E-state index in [4.69, 9.17) is 21.1 Å². The molecule has 3 rings (SSSR count). The third-order valence-corrected chi connectivity index (χ3v) is 7.67. The van der Waals surface area contributed by atoms with Crippen LogP contribution in [0, 0.1) is 12.3 Å². The quantitative estimate of drug-likeness (QED) is 0.240. The number of nitrogens with zero attached hydrogens (tertiary/aromatic N) is 2. The summed E-state index contributed by atoms with van der Waals surface area (Å²) in [5, 5.41) is 16.0. The minimum Gasteiger partial charge on any atom is -0.391 e. The lowest BCUT2D eigenvalue weighted by Gasteiger charge is -2.35. The lowest BCUT2D eigenvalue weighted by Crippen LogP contribution is -2.58. The number of ether oxygens (including phenoxy) is 2. The van der Waals surface area contributed by atoms with Crippen molar-refractivity contribution < 1.29 is 29.0 Å². The number of likely N-dealkylation sites (tertiary alicyclic amines) is 1. The van der Waals surface area contributed by atoms with Crippen LogP contribution in [0.4, 0.5) is 0 Å². The SMILES string of the molecule is Cc1ncsc1-c1ccc(CNC(=O)C2CC(O)CN2C(=O)C(NC(=O)COCCOCCCl)C(C)(C)C)cc1. The molecule has 1 aliphatic rings. The highest BCUT2D eigenvalue weighted by Crippen LogP contribution is 2.28. The van der Waals surface area contributed by atoms with E-state index in [0.717, 1.165) is 21.7 Å². The molecule has 1 aromatic heterocycles. The molecule has 40 heavy (non-hydrogen) atoms. The van der Waals surface area contributed by atoms with Crippen LogP contribution in [0.15, 0.2) is 29.8 Å². The molecule has 0 saturated carbocycles. The number of thiazole rings is 1. The van der Waals surface area contributed by atoms with Gasteiger partial charge in [-0.2, -0.15) is 0 Å². The Morgan fingerprint density at radius 3 is 2.50 bits per heavy atom. The average molecular weight is 595 g/mol. The molecule has 0 radical (unpaired) electrons. The molecule has 10 nitrogen and oxygen atoms in total. The molecule has 1 saturated heterocycles. The fraction of sp³-hybridized carbons (Fsp3) is 0.571. The van der Waals surface area contributed by atoms with Crippen molar-refractivity contribution in [2.45, 2.75) is 58.8 Å². The van der Waals surface area contributed by atoms with E-state index in [0.29, 0.717) is 19.1 Å². The van der Waals surface area contributed by atoms with Crippen LogP contribution in [0.5, 0.6) is 0 Å². The van der Waals surface area contributed by atoms with Gasteiger partial charge in [0.15, 0.2) is 0 Å². The van der Waals surface area contributed by atoms with Crippen molar-refractivity contribution in [3.63, 3.8) is 0 Å². The van der Waals surface area contributed by atoms with Gasteiger partial charge in [-0.25, -0.2) is 4.98 Å². The maximum atomic E-state index is 13.6. The van der Waals surface area contributed by atoms with Crippen molar-refractivity contribution in [1.29, 1.82) is 0 Å². The highest BCUT2D eigenvalue weighted by Gasteiger charge is 2.44. The largest absolute Gasteiger partial charge is 0.391 e. The molecule has 1 fully saturated rings. The van der Waals surface area contributed by atoms with Crippen LogP contribution in [0.1, 0.15) is 38.4 Å². The van der Waals surface area contributed by atoms with Gasteiger partial charge in [-0.1, -0.05) is 45.0 Å². The number of aliphatic hydroxyl groups is 1. The first-order chi connectivity index (χ1) is 19.0. The second-order valence-corrected chi connectivity index (χ2v) is 12.0. The van der Waals surface area contributed by atoms with Gasteiger partial charge in [-0.15, -0.1) is 22.9 Å². The van der Waals surface area contributed by atoms with Crippen LogP contribution in [-0.4, -0.2) is 89.8 Å². The number of amides is 3. The zero-order valence-electron chi connectivity index (χ0n) is 23.4. The fourth-order valence-electron chi connectivity index (χ4n) is 4.42. The summed E-state index contributed by atoms with van der Waals surface area (Å²) in [6.45, 7) is 8.42. The summed E-state index contributed by atoms with van der Waals surface area (Å²) in [5.74, 6) is -0.858. The number of aromatic nitrogens is 1. The van der Waals surface area contributed by atoms with E-state index in [2.05, 4.69) is 15.6 Å². The molecule has 2 heterocycles. The summed E-state index contributed by atoms with van der Waals surface area (Å²) in [7, 11) is 0. The number of hydrogen-bond donors (Lipinski definition) is 3. The van der Waals surface area contributed by atoms with Gasteiger partial charge in [-0.3, -0.25) is 14.4 Å². The predicted molar refractivity (Wildman–Crippen MR) is 154 cm³/mol. The highest BCUT2D eigenvalue weighted by molar-refractivity contribution is 7.13. The monoisotopic (exact) mass is 594 g/mol. The van der Waals surface area contributed by atoms with Crippen molar-refractivity contribution >= 4 is 40.7 Å². The topological polar surface area (TPSA) is 130 Å². The standard InChI is InChI=1S/C28H39ClN4O6S/c1-18-24(40-17-31-18)20-7-5-19(6-8-20)14-30-26(36)22-13-21(34)15-33(22)27(37)25(28(2,3)4)32-23(35)16-39-12-11-38-10-9-29/h5-8,17,21-22,25,34H,9-16H2,1-4H3,(H,30,36)(H,32,35). The van der Waals surface area contributed by atoms with Gasteiger partial charge >= 0.3 is 0 Å². The van der Waals surface area contributed by atoms with Gasteiger partial charge in [0.05, 0.1) is 42.0 Å². The van der Waals surface area contributed by atoms with E-state index in [1.165, 1.54) is 4.90 Å². The number of β-amino-alcohol motifs (C(OH)–C–C–N with tert-alkyl or cyclic N) is 1. The summed E-state index contributed by atoms with van der Waals surface area (Å²) >= 11 is 7.13. The molecule has 0 aliphatic carbocycles. The molecule has 2 aromatic rings. The number of halogens is 1. The van der Waals surface area contributed by atoms with E-state index >= 15 is 0 Å². The summed E-state index contributed by atoms with van der Waals surface area (Å²) in [4.78, 5) is 46.1. The molecular weight excluding hydrogens is 556 g/mol. The maximum absolute atomic E-state index is 13.6. The number of alkyl halides is 1. The Hall–Kier alpha value is -2.57. The normalized spacial score (nSPS) is 18.0. The average Bonchev–Trinajstić information content (AvgIpc) is 3.52.